The summed E-state index contributed by atoms with van der Waals surface area (Å²) in [5, 5.41) is 3.27. The molecule has 200 valence electrons. The van der Waals surface area contributed by atoms with Crippen LogP contribution in [0.15, 0.2) is 84.9 Å². The van der Waals surface area contributed by atoms with Gasteiger partial charge in [0.25, 0.3) is 0 Å². The summed E-state index contributed by atoms with van der Waals surface area (Å²) >= 11 is 0. The number of rotatable bonds is 11. The van der Waals surface area contributed by atoms with E-state index < -0.39 is 6.04 Å². The van der Waals surface area contributed by atoms with E-state index in [1.807, 2.05) is 67.6 Å². The molecule has 3 aromatic rings. The third-order valence-corrected chi connectivity index (χ3v) is 7.63. The second kappa shape index (κ2) is 13.8. The highest BCUT2D eigenvalue weighted by atomic mass is 16.5. The van der Waals surface area contributed by atoms with Crippen LogP contribution in [0.3, 0.4) is 0 Å². The van der Waals surface area contributed by atoms with E-state index in [1.54, 1.807) is 12.0 Å². The Labute approximate surface area is 227 Å². The molecule has 0 saturated heterocycles. The number of nitrogens with one attached hydrogen (secondary N) is 1. The maximum absolute atomic E-state index is 14.1. The van der Waals surface area contributed by atoms with Gasteiger partial charge in [0.1, 0.15) is 11.8 Å². The van der Waals surface area contributed by atoms with Crippen LogP contribution < -0.4 is 10.1 Å². The second-order valence-electron chi connectivity index (χ2n) is 10.2. The van der Waals surface area contributed by atoms with Crippen molar-refractivity contribution in [3.8, 4) is 5.75 Å². The predicted octanol–water partition coefficient (Wildman–Crippen LogP) is 6.47. The maximum atomic E-state index is 14.1. The van der Waals surface area contributed by atoms with Crippen LogP contribution in [0.25, 0.3) is 0 Å². The first-order valence-corrected chi connectivity index (χ1v) is 13.9. The van der Waals surface area contributed by atoms with Gasteiger partial charge in [-0.25, -0.2) is 0 Å². The minimum atomic E-state index is -0.529. The van der Waals surface area contributed by atoms with Crippen LogP contribution in [0.5, 0.6) is 5.75 Å². The number of amides is 2. The zero-order valence-electron chi connectivity index (χ0n) is 22.6. The van der Waals surface area contributed by atoms with Crippen LogP contribution >= 0.6 is 0 Å². The molecule has 0 radical (unpaired) electrons. The average Bonchev–Trinajstić information content (AvgIpc) is 2.97. The first kappa shape index (κ1) is 27.4. The molecule has 1 N–H and O–H groups in total. The van der Waals surface area contributed by atoms with E-state index in [-0.39, 0.29) is 30.2 Å². The summed E-state index contributed by atoms with van der Waals surface area (Å²) in [6.07, 6.45) is 6.39. The minimum absolute atomic E-state index is 0.0239. The van der Waals surface area contributed by atoms with Gasteiger partial charge in [0.05, 0.1) is 7.11 Å². The number of hydrogen-bond acceptors (Lipinski definition) is 3. The van der Waals surface area contributed by atoms with Crippen molar-refractivity contribution >= 4 is 11.8 Å². The van der Waals surface area contributed by atoms with E-state index in [9.17, 15) is 9.59 Å². The highest BCUT2D eigenvalue weighted by Gasteiger charge is 2.32. The lowest BCUT2D eigenvalue weighted by atomic mass is 9.88. The molecular weight excluding hydrogens is 472 g/mol. The van der Waals surface area contributed by atoms with Crippen LogP contribution in [0.2, 0.25) is 0 Å². The van der Waals surface area contributed by atoms with Crippen LogP contribution in [0, 0.1) is 0 Å². The maximum Gasteiger partial charge on any atom is 0.243 e. The molecule has 0 heterocycles. The summed E-state index contributed by atoms with van der Waals surface area (Å²) in [7, 11) is 1.64. The van der Waals surface area contributed by atoms with Crippen LogP contribution in [0.4, 0.5) is 0 Å². The van der Waals surface area contributed by atoms with Gasteiger partial charge >= 0.3 is 0 Å². The van der Waals surface area contributed by atoms with Gasteiger partial charge in [-0.15, -0.1) is 0 Å². The van der Waals surface area contributed by atoms with Gasteiger partial charge in [0, 0.05) is 24.9 Å². The Kier molecular flexibility index (Phi) is 9.97. The van der Waals surface area contributed by atoms with Crippen molar-refractivity contribution in [1.29, 1.82) is 0 Å². The average molecular weight is 513 g/mol. The van der Waals surface area contributed by atoms with Crippen molar-refractivity contribution < 1.29 is 14.3 Å². The Morgan fingerprint density at radius 3 is 1.97 bits per heavy atom. The third kappa shape index (κ3) is 7.25. The molecule has 1 fully saturated rings. The molecule has 1 atom stereocenters. The van der Waals surface area contributed by atoms with Gasteiger partial charge in [0.15, 0.2) is 0 Å². The van der Waals surface area contributed by atoms with E-state index >= 15 is 0 Å². The highest BCUT2D eigenvalue weighted by molar-refractivity contribution is 5.88. The first-order valence-electron chi connectivity index (χ1n) is 13.9. The first-order chi connectivity index (χ1) is 18.6. The van der Waals surface area contributed by atoms with Crippen LogP contribution in [0.1, 0.15) is 74.5 Å². The topological polar surface area (TPSA) is 58.6 Å². The van der Waals surface area contributed by atoms with Crippen LogP contribution in [-0.4, -0.2) is 35.9 Å². The number of benzene rings is 3. The molecule has 0 bridgehead atoms. The molecule has 1 saturated carbocycles. The molecule has 5 nitrogen and oxygen atoms in total. The summed E-state index contributed by atoms with van der Waals surface area (Å²) in [6.45, 7) is 2.36. The fourth-order valence-corrected chi connectivity index (χ4v) is 5.48. The number of methoxy groups -OCH3 is 1. The lowest BCUT2D eigenvalue weighted by Crippen LogP contribution is -2.51. The number of hydrogen-bond donors (Lipinski definition) is 1. The van der Waals surface area contributed by atoms with Crippen molar-refractivity contribution in [2.24, 2.45) is 0 Å². The fraction of sp³-hybridized carbons (Fsp3) is 0.394. The van der Waals surface area contributed by atoms with E-state index in [0.717, 1.165) is 48.1 Å². The molecule has 1 aliphatic carbocycles. The largest absolute Gasteiger partial charge is 0.497 e. The highest BCUT2D eigenvalue weighted by Crippen LogP contribution is 2.30. The fourth-order valence-electron chi connectivity index (χ4n) is 5.48. The van der Waals surface area contributed by atoms with Gasteiger partial charge in [-0.2, -0.15) is 0 Å². The Hall–Kier alpha value is -3.60. The summed E-state index contributed by atoms with van der Waals surface area (Å²) in [4.78, 5) is 29.5. The molecule has 0 aromatic heterocycles. The quantitative estimate of drug-likeness (QED) is 0.320. The molecule has 38 heavy (non-hydrogen) atoms. The number of nitrogens with zero attached hydrogens (tertiary/aromatic N) is 1. The zero-order valence-corrected chi connectivity index (χ0v) is 22.6. The molecule has 1 aliphatic rings. The van der Waals surface area contributed by atoms with Gasteiger partial charge < -0.3 is 15.0 Å². The predicted molar refractivity (Wildman–Crippen MR) is 152 cm³/mol. The molecular formula is C33H40N2O3. The van der Waals surface area contributed by atoms with Crippen LogP contribution in [-0.2, 0) is 16.1 Å². The summed E-state index contributed by atoms with van der Waals surface area (Å²) in [6, 6.07) is 27.7. The Bertz CT molecular complexity index is 1100. The van der Waals surface area contributed by atoms with Crippen molar-refractivity contribution in [3.63, 3.8) is 0 Å². The van der Waals surface area contributed by atoms with Gasteiger partial charge in [-0.05, 0) is 48.1 Å². The standard InChI is InChI=1S/C33H40N2O3/c1-3-31(33(37)34-28-17-11-6-12-18-28)35(24-25-19-21-29(38-2)22-20-25)32(36)23-30(26-13-7-4-8-14-26)27-15-9-5-10-16-27/h4-5,7-10,13-16,19-22,28,30-31H,3,6,11-12,17-18,23-24H2,1-2H3,(H,34,37)/t31-/m1/s1. The number of ether oxygens (including phenoxy) is 1. The van der Waals surface area contributed by atoms with Crippen molar-refractivity contribution in [1.82, 2.24) is 10.2 Å². The summed E-state index contributed by atoms with van der Waals surface area (Å²) < 4.78 is 5.32. The molecule has 5 heteroatoms. The smallest absolute Gasteiger partial charge is 0.243 e. The number of carbonyl (C=O) groups is 2. The zero-order chi connectivity index (χ0) is 26.7. The van der Waals surface area contributed by atoms with Gasteiger partial charge in [0.2, 0.25) is 11.8 Å². The molecule has 0 aliphatic heterocycles. The summed E-state index contributed by atoms with van der Waals surface area (Å²) in [5.74, 6) is 0.602. The van der Waals surface area contributed by atoms with Crippen molar-refractivity contribution in [3.05, 3.63) is 102 Å². The summed E-state index contributed by atoms with van der Waals surface area (Å²) in [5.41, 5.74) is 3.16. The van der Waals surface area contributed by atoms with Gasteiger partial charge in [-0.1, -0.05) is 99.0 Å². The Morgan fingerprint density at radius 1 is 0.868 bits per heavy atom. The van der Waals surface area contributed by atoms with E-state index in [4.69, 9.17) is 4.74 Å². The monoisotopic (exact) mass is 512 g/mol. The lowest BCUT2D eigenvalue weighted by molar-refractivity contribution is -0.142. The van der Waals surface area contributed by atoms with Crippen molar-refractivity contribution in [2.45, 2.75) is 76.4 Å². The lowest BCUT2D eigenvalue weighted by Gasteiger charge is -2.34. The molecule has 4 rings (SSSR count). The number of carbonyl (C=O) groups excluding carboxylic acids is 2. The van der Waals surface area contributed by atoms with Gasteiger partial charge in [-0.3, -0.25) is 9.59 Å². The molecule has 0 spiro atoms. The third-order valence-electron chi connectivity index (χ3n) is 7.63. The molecule has 0 unspecified atom stereocenters. The SMILES string of the molecule is CC[C@H](C(=O)NC1CCCCC1)N(Cc1ccc(OC)cc1)C(=O)CC(c1ccccc1)c1ccccc1. The minimum Gasteiger partial charge on any atom is -0.497 e. The molecule has 2 amide bonds. The van der Waals surface area contributed by atoms with E-state index in [0.29, 0.717) is 13.0 Å². The Balaban J connectivity index is 1.62. The van der Waals surface area contributed by atoms with Crippen molar-refractivity contribution in [2.75, 3.05) is 7.11 Å². The van der Waals surface area contributed by atoms with E-state index in [2.05, 4.69) is 29.6 Å². The Morgan fingerprint density at radius 2 is 1.45 bits per heavy atom. The van der Waals surface area contributed by atoms with E-state index in [1.165, 1.54) is 6.42 Å². The molecule has 3 aromatic carbocycles. The normalized spacial score (nSPS) is 14.6. The second-order valence-corrected chi connectivity index (χ2v) is 10.2.